The summed E-state index contributed by atoms with van der Waals surface area (Å²) in [6, 6.07) is 20.5. The number of fused-ring (bicyclic) bond motifs is 4. The summed E-state index contributed by atoms with van der Waals surface area (Å²) in [7, 11) is 0.945. The van der Waals surface area contributed by atoms with Gasteiger partial charge in [-0.3, -0.25) is 9.69 Å². The van der Waals surface area contributed by atoms with E-state index in [0.717, 1.165) is 32.9 Å². The molecule has 0 spiro atoms. The third-order valence-electron chi connectivity index (χ3n) is 7.66. The maximum Gasteiger partial charge on any atom is 0.248 e. The minimum absolute atomic E-state index is 0.0191. The molecule has 0 unspecified atom stereocenters. The molecule has 0 fully saturated rings. The van der Waals surface area contributed by atoms with Crippen molar-refractivity contribution in [1.29, 1.82) is 0 Å². The molecule has 6 aromatic rings. The number of carbonyl (C=O) groups excluding carboxylic acids is 1. The van der Waals surface area contributed by atoms with Crippen LogP contribution in [-0.2, 0) is 28.3 Å². The number of aromatic amines is 1. The predicted molar refractivity (Wildman–Crippen MR) is 166 cm³/mol. The number of primary sulfonamides is 1. The van der Waals surface area contributed by atoms with Crippen LogP contribution in [0.3, 0.4) is 0 Å². The fourth-order valence-corrected chi connectivity index (χ4v) is 6.06. The number of pyridine rings is 1. The number of hydrogen-bond donors (Lipinski definition) is 3. The van der Waals surface area contributed by atoms with E-state index in [0.29, 0.717) is 22.6 Å². The average Bonchev–Trinajstić information content (AvgIpc) is 3.54. The zero-order valence-electron chi connectivity index (χ0n) is 23.7. The number of hydrogen-bond acceptors (Lipinski definition) is 7. The van der Waals surface area contributed by atoms with Crippen molar-refractivity contribution in [3.63, 3.8) is 0 Å². The Labute approximate surface area is 247 Å². The van der Waals surface area contributed by atoms with Gasteiger partial charge < -0.3 is 24.8 Å². The molecule has 0 radical (unpaired) electrons. The van der Waals surface area contributed by atoms with Crippen LogP contribution in [0.1, 0.15) is 5.56 Å². The number of aryl methyl sites for hydroxylation is 1. The molecule has 1 atom stereocenters. The van der Waals surface area contributed by atoms with E-state index < -0.39 is 16.1 Å². The number of sulfonamides is 1. The highest BCUT2D eigenvalue weighted by atomic mass is 32.2. The number of nitrogens with zero attached hydrogens (tertiary/aromatic N) is 3. The topological polar surface area (TPSA) is 159 Å². The van der Waals surface area contributed by atoms with Gasteiger partial charge in [0.1, 0.15) is 5.69 Å². The average molecular weight is 599 g/mol. The molecule has 12 heteroatoms. The monoisotopic (exact) mass is 598 g/mol. The van der Waals surface area contributed by atoms with Crippen molar-refractivity contribution in [2.24, 2.45) is 17.9 Å². The first-order chi connectivity index (χ1) is 20.6. The zero-order chi connectivity index (χ0) is 30.5. The molecule has 0 aliphatic rings. The van der Waals surface area contributed by atoms with Gasteiger partial charge in [0.2, 0.25) is 27.7 Å². The molecule has 0 bridgehead atoms. The van der Waals surface area contributed by atoms with Crippen LogP contribution in [0.4, 0.5) is 11.4 Å². The van der Waals surface area contributed by atoms with Gasteiger partial charge in [-0.2, -0.15) is 4.98 Å². The highest BCUT2D eigenvalue weighted by Gasteiger charge is 2.29. The number of benzene rings is 3. The van der Waals surface area contributed by atoms with Crippen molar-refractivity contribution in [1.82, 2.24) is 14.5 Å². The number of para-hydroxylation sites is 1. The quantitative estimate of drug-likeness (QED) is 0.238. The van der Waals surface area contributed by atoms with Crippen molar-refractivity contribution in [2.75, 3.05) is 19.1 Å². The summed E-state index contributed by atoms with van der Waals surface area (Å²) in [6.45, 7) is 0. The van der Waals surface area contributed by atoms with Crippen molar-refractivity contribution in [3.05, 3.63) is 84.6 Å². The summed E-state index contributed by atoms with van der Waals surface area (Å²) in [4.78, 5) is 23.4. The Balaban J connectivity index is 1.49. The lowest BCUT2D eigenvalue weighted by Gasteiger charge is -2.27. The Hall–Kier alpha value is -4.91. The number of H-pyrrole nitrogens is 1. The van der Waals surface area contributed by atoms with Gasteiger partial charge in [0.15, 0.2) is 0 Å². The van der Waals surface area contributed by atoms with Gasteiger partial charge in [-0.1, -0.05) is 24.3 Å². The lowest BCUT2D eigenvalue weighted by Crippen LogP contribution is -2.43. The molecule has 43 heavy (non-hydrogen) atoms. The number of nitrogens with one attached hydrogen (secondary N) is 1. The smallest absolute Gasteiger partial charge is 0.248 e. The number of carbonyl (C=O) groups is 1. The molecular formula is C31H30N6O5S. The standard InChI is InChI=1S/C31H30N6O5S/c1-36-26-11-9-20(43(33,39)40)16-23(26)22-10-8-19(15-28(22)36)37(27-12-13-29(41-2)35-30(27)42-3)31(38)24(32)14-18-17-34-25-7-5-4-6-21(18)25/h4-13,15-17,24,34H,14,32H2,1-3H3,(H2,33,39,40)/t24-/m0/s1. The van der Waals surface area contributed by atoms with E-state index in [9.17, 15) is 13.2 Å². The summed E-state index contributed by atoms with van der Waals surface area (Å²) in [5.41, 5.74) is 11.0. The second kappa shape index (κ2) is 10.7. The van der Waals surface area contributed by atoms with E-state index in [2.05, 4.69) is 9.97 Å². The molecule has 3 aromatic heterocycles. The van der Waals surface area contributed by atoms with E-state index in [1.165, 1.54) is 25.2 Å². The molecule has 0 saturated heterocycles. The highest BCUT2D eigenvalue weighted by molar-refractivity contribution is 7.89. The maximum absolute atomic E-state index is 14.3. The fourth-order valence-electron chi connectivity index (χ4n) is 5.52. The van der Waals surface area contributed by atoms with Crippen LogP contribution < -0.4 is 25.2 Å². The lowest BCUT2D eigenvalue weighted by molar-refractivity contribution is -0.119. The third-order valence-corrected chi connectivity index (χ3v) is 8.57. The number of rotatable bonds is 8. The lowest BCUT2D eigenvalue weighted by atomic mass is 10.0. The van der Waals surface area contributed by atoms with Crippen molar-refractivity contribution in [3.8, 4) is 11.8 Å². The Morgan fingerprint density at radius 2 is 1.77 bits per heavy atom. The first-order valence-corrected chi connectivity index (χ1v) is 14.9. The molecule has 3 aromatic carbocycles. The SMILES string of the molecule is COc1ccc(N(C(=O)[C@@H](N)Cc2c[nH]c3ccccc23)c2ccc3c4cc(S(N)(=O)=O)ccc4n(C)c3c2)c(OC)n1. The molecule has 1 amide bonds. The van der Waals surface area contributed by atoms with E-state index in [-0.39, 0.29) is 23.1 Å². The summed E-state index contributed by atoms with van der Waals surface area (Å²) < 4.78 is 36.9. The van der Waals surface area contributed by atoms with Crippen LogP contribution in [0, 0.1) is 0 Å². The Kier molecular flexibility index (Phi) is 7.04. The number of ether oxygens (including phenoxy) is 2. The Morgan fingerprint density at radius 1 is 0.977 bits per heavy atom. The molecule has 0 aliphatic heterocycles. The van der Waals surface area contributed by atoms with E-state index in [4.69, 9.17) is 20.3 Å². The molecule has 11 nitrogen and oxygen atoms in total. The fraction of sp³-hybridized carbons (Fsp3) is 0.161. The van der Waals surface area contributed by atoms with Gasteiger partial charge in [0.25, 0.3) is 0 Å². The predicted octanol–water partition coefficient (Wildman–Crippen LogP) is 4.11. The number of aromatic nitrogens is 3. The number of nitrogens with two attached hydrogens (primary N) is 2. The van der Waals surface area contributed by atoms with Crippen LogP contribution >= 0.6 is 0 Å². The largest absolute Gasteiger partial charge is 0.481 e. The van der Waals surface area contributed by atoms with Crippen LogP contribution in [-0.4, -0.2) is 49.1 Å². The summed E-state index contributed by atoms with van der Waals surface area (Å²) in [5.74, 6) is 0.137. The van der Waals surface area contributed by atoms with Crippen molar-refractivity contribution in [2.45, 2.75) is 17.4 Å². The maximum atomic E-state index is 14.3. The van der Waals surface area contributed by atoms with Gasteiger partial charge in [-0.25, -0.2) is 13.6 Å². The summed E-state index contributed by atoms with van der Waals surface area (Å²) >= 11 is 0. The molecule has 6 rings (SSSR count). The van der Waals surface area contributed by atoms with Gasteiger partial charge >= 0.3 is 0 Å². The van der Waals surface area contributed by atoms with Crippen molar-refractivity contribution >= 4 is 60.0 Å². The normalized spacial score (nSPS) is 12.6. The van der Waals surface area contributed by atoms with Gasteiger partial charge in [0.05, 0.1) is 36.4 Å². The number of amides is 1. The van der Waals surface area contributed by atoms with E-state index >= 15 is 0 Å². The third kappa shape index (κ3) is 4.95. The molecule has 0 saturated carbocycles. The first kappa shape index (κ1) is 28.2. The molecule has 5 N–H and O–H groups in total. The van der Waals surface area contributed by atoms with E-state index in [1.54, 1.807) is 30.3 Å². The van der Waals surface area contributed by atoms with Crippen LogP contribution in [0.5, 0.6) is 11.8 Å². The molecular weight excluding hydrogens is 568 g/mol. The second-order valence-corrected chi connectivity index (χ2v) is 11.8. The zero-order valence-corrected chi connectivity index (χ0v) is 24.6. The number of methoxy groups -OCH3 is 2. The summed E-state index contributed by atoms with van der Waals surface area (Å²) in [6.07, 6.45) is 2.16. The number of anilines is 2. The Morgan fingerprint density at radius 3 is 2.51 bits per heavy atom. The van der Waals surface area contributed by atoms with Crippen LogP contribution in [0.25, 0.3) is 32.7 Å². The van der Waals surface area contributed by atoms with E-state index in [1.807, 2.05) is 54.2 Å². The highest BCUT2D eigenvalue weighted by Crippen LogP contribution is 2.38. The van der Waals surface area contributed by atoms with Gasteiger partial charge in [0, 0.05) is 46.5 Å². The van der Waals surface area contributed by atoms with Crippen LogP contribution in [0.2, 0.25) is 0 Å². The summed E-state index contributed by atoms with van der Waals surface area (Å²) in [5, 5.41) is 7.90. The molecule has 3 heterocycles. The molecule has 0 aliphatic carbocycles. The minimum atomic E-state index is -3.89. The van der Waals surface area contributed by atoms with Crippen LogP contribution in [0.15, 0.2) is 83.9 Å². The minimum Gasteiger partial charge on any atom is -0.481 e. The van der Waals surface area contributed by atoms with Gasteiger partial charge in [-0.15, -0.1) is 0 Å². The van der Waals surface area contributed by atoms with Gasteiger partial charge in [-0.05, 0) is 54.4 Å². The second-order valence-electron chi connectivity index (χ2n) is 10.2. The first-order valence-electron chi connectivity index (χ1n) is 13.4. The Bertz CT molecular complexity index is 2140. The molecule has 220 valence electrons. The van der Waals surface area contributed by atoms with Crippen molar-refractivity contribution < 1.29 is 22.7 Å².